The molecule has 0 bridgehead atoms. The second-order valence-electron chi connectivity index (χ2n) is 10.0. The van der Waals surface area contributed by atoms with Crippen LogP contribution in [0.4, 0.5) is 10.2 Å². The van der Waals surface area contributed by atoms with Crippen molar-refractivity contribution in [1.82, 2.24) is 24.7 Å². The van der Waals surface area contributed by atoms with Crippen molar-refractivity contribution in [1.29, 1.82) is 0 Å². The molecule has 2 heterocycles. The molecule has 1 aliphatic rings. The Bertz CT molecular complexity index is 1300. The van der Waals surface area contributed by atoms with Gasteiger partial charge in [0.15, 0.2) is 5.16 Å². The molecule has 1 aromatic heterocycles. The van der Waals surface area contributed by atoms with E-state index in [9.17, 15) is 14.0 Å². The third-order valence-electron chi connectivity index (χ3n) is 6.68. The summed E-state index contributed by atoms with van der Waals surface area (Å²) in [4.78, 5) is 43.0. The number of benzene rings is 2. The molecule has 0 N–H and O–H groups in total. The monoisotopic (exact) mass is 584 g/mol. The molecular weight excluding hydrogens is 551 g/mol. The van der Waals surface area contributed by atoms with E-state index in [0.29, 0.717) is 54.4 Å². The Labute approximate surface area is 244 Å². The van der Waals surface area contributed by atoms with Crippen molar-refractivity contribution >= 4 is 41.0 Å². The first-order chi connectivity index (χ1) is 19.2. The molecule has 0 saturated carbocycles. The zero-order valence-electron chi connectivity index (χ0n) is 23.0. The molecule has 1 unspecified atom stereocenters. The fourth-order valence-corrected chi connectivity index (χ4v) is 5.46. The van der Waals surface area contributed by atoms with Gasteiger partial charge in [-0.15, -0.1) is 0 Å². The maximum absolute atomic E-state index is 13.3. The fraction of sp³-hybridized carbons (Fsp3) is 0.379. The molecule has 212 valence electrons. The van der Waals surface area contributed by atoms with Gasteiger partial charge in [0.25, 0.3) is 5.91 Å². The first kappa shape index (κ1) is 29.8. The average Bonchev–Trinajstić information content (AvgIpc) is 2.94. The summed E-state index contributed by atoms with van der Waals surface area (Å²) in [6, 6.07) is 17.2. The minimum Gasteiger partial charge on any atom is -0.353 e. The number of likely N-dealkylation sites (N-methyl/N-ethyl adjacent to an activating group) is 1. The average molecular weight is 585 g/mol. The van der Waals surface area contributed by atoms with Gasteiger partial charge in [-0.25, -0.2) is 14.4 Å². The van der Waals surface area contributed by atoms with E-state index in [1.807, 2.05) is 56.3 Å². The minimum absolute atomic E-state index is 0.00220. The number of carbonyl (C=O) groups is 2. The van der Waals surface area contributed by atoms with Crippen molar-refractivity contribution in [3.8, 4) is 0 Å². The van der Waals surface area contributed by atoms with Crippen LogP contribution in [0.2, 0.25) is 5.15 Å². The number of nitrogens with zero attached hydrogens (tertiary/aromatic N) is 6. The lowest BCUT2D eigenvalue weighted by atomic mass is 10.1. The molecule has 4 rings (SSSR count). The number of aromatic nitrogens is 2. The minimum atomic E-state index is -0.372. The van der Waals surface area contributed by atoms with Crippen LogP contribution in [-0.4, -0.2) is 95.1 Å². The summed E-state index contributed by atoms with van der Waals surface area (Å²) in [6.07, 6.45) is 0. The van der Waals surface area contributed by atoms with Crippen molar-refractivity contribution in [3.05, 3.63) is 82.8 Å². The third-order valence-corrected chi connectivity index (χ3v) is 7.70. The zero-order valence-corrected chi connectivity index (χ0v) is 24.5. The van der Waals surface area contributed by atoms with Crippen molar-refractivity contribution in [3.63, 3.8) is 0 Å². The van der Waals surface area contributed by atoms with Crippen LogP contribution in [0.3, 0.4) is 0 Å². The molecule has 2 aromatic carbocycles. The largest absolute Gasteiger partial charge is 0.353 e. The van der Waals surface area contributed by atoms with Gasteiger partial charge in [0.1, 0.15) is 16.8 Å². The van der Waals surface area contributed by atoms with Crippen molar-refractivity contribution in [2.24, 2.45) is 0 Å². The standard InChI is InChI=1S/C29H34ClFN6O2S/c1-21-18-35(15-16-37(21)28(39)23-9-11-24(31)12-10-23)26-17-25(30)32-29(33-26)40-20-27(38)36(14-13-34(2)3)19-22-7-5-4-6-8-22/h4-12,17,21H,13-16,18-20H2,1-3H3. The van der Waals surface area contributed by atoms with Crippen LogP contribution in [0.25, 0.3) is 0 Å². The number of rotatable bonds is 10. The van der Waals surface area contributed by atoms with Crippen LogP contribution < -0.4 is 4.90 Å². The number of carbonyl (C=O) groups excluding carboxylic acids is 2. The molecule has 1 atom stereocenters. The van der Waals surface area contributed by atoms with Gasteiger partial charge in [0, 0.05) is 56.9 Å². The lowest BCUT2D eigenvalue weighted by Crippen LogP contribution is -2.54. The molecule has 3 aromatic rings. The van der Waals surface area contributed by atoms with E-state index in [0.717, 1.165) is 12.1 Å². The van der Waals surface area contributed by atoms with Gasteiger partial charge in [-0.1, -0.05) is 53.7 Å². The highest BCUT2D eigenvalue weighted by atomic mass is 35.5. The van der Waals surface area contributed by atoms with E-state index in [-0.39, 0.29) is 29.4 Å². The van der Waals surface area contributed by atoms with Crippen LogP contribution in [0.5, 0.6) is 0 Å². The van der Waals surface area contributed by atoms with Crippen LogP contribution in [0, 0.1) is 5.82 Å². The Hall–Kier alpha value is -3.21. The highest BCUT2D eigenvalue weighted by molar-refractivity contribution is 7.99. The topological polar surface area (TPSA) is 72.9 Å². The van der Waals surface area contributed by atoms with Crippen LogP contribution in [0.1, 0.15) is 22.8 Å². The summed E-state index contributed by atoms with van der Waals surface area (Å²) < 4.78 is 13.3. The molecule has 1 aliphatic heterocycles. The molecule has 0 radical (unpaired) electrons. The predicted octanol–water partition coefficient (Wildman–Crippen LogP) is 4.30. The van der Waals surface area contributed by atoms with Crippen LogP contribution in [0.15, 0.2) is 65.8 Å². The van der Waals surface area contributed by atoms with E-state index in [2.05, 4.69) is 19.8 Å². The first-order valence-electron chi connectivity index (χ1n) is 13.1. The third kappa shape index (κ3) is 8.16. The zero-order chi connectivity index (χ0) is 28.6. The van der Waals surface area contributed by atoms with E-state index in [1.165, 1.54) is 36.0 Å². The summed E-state index contributed by atoms with van der Waals surface area (Å²) >= 11 is 7.63. The van der Waals surface area contributed by atoms with Crippen molar-refractivity contribution in [2.75, 3.05) is 57.5 Å². The Morgan fingerprint density at radius 1 is 1.05 bits per heavy atom. The lowest BCUT2D eigenvalue weighted by Gasteiger charge is -2.40. The molecular formula is C29H34ClFN6O2S. The first-order valence-corrected chi connectivity index (χ1v) is 14.5. The van der Waals surface area contributed by atoms with Gasteiger partial charge in [-0.05, 0) is 50.8 Å². The van der Waals surface area contributed by atoms with Gasteiger partial charge in [0.2, 0.25) is 5.91 Å². The summed E-state index contributed by atoms with van der Waals surface area (Å²) in [5.41, 5.74) is 1.54. The Morgan fingerprint density at radius 3 is 2.45 bits per heavy atom. The number of piperazine rings is 1. The van der Waals surface area contributed by atoms with E-state index in [4.69, 9.17) is 11.6 Å². The summed E-state index contributed by atoms with van der Waals surface area (Å²) in [7, 11) is 3.97. The quantitative estimate of drug-likeness (QED) is 0.200. The van der Waals surface area contributed by atoms with Gasteiger partial charge < -0.3 is 19.6 Å². The molecule has 40 heavy (non-hydrogen) atoms. The fourth-order valence-electron chi connectivity index (χ4n) is 4.47. The number of thioether (sulfide) groups is 1. The maximum atomic E-state index is 13.3. The summed E-state index contributed by atoms with van der Waals surface area (Å²) in [5.74, 6) is 0.350. The second-order valence-corrected chi connectivity index (χ2v) is 11.4. The molecule has 2 amide bonds. The SMILES string of the molecule is CC1CN(c2cc(Cl)nc(SCC(=O)N(CCN(C)C)Cc3ccccc3)n2)CCN1C(=O)c1ccc(F)cc1. The molecule has 0 aliphatic carbocycles. The highest BCUT2D eigenvalue weighted by Crippen LogP contribution is 2.25. The summed E-state index contributed by atoms with van der Waals surface area (Å²) in [5, 5.41) is 0.728. The van der Waals surface area contributed by atoms with E-state index < -0.39 is 0 Å². The van der Waals surface area contributed by atoms with Gasteiger partial charge >= 0.3 is 0 Å². The lowest BCUT2D eigenvalue weighted by molar-refractivity contribution is -0.129. The van der Waals surface area contributed by atoms with Gasteiger partial charge in [0.05, 0.1) is 5.75 Å². The molecule has 1 saturated heterocycles. The maximum Gasteiger partial charge on any atom is 0.254 e. The molecule has 8 nitrogen and oxygen atoms in total. The Balaban J connectivity index is 1.39. The second kappa shape index (κ2) is 13.9. The number of halogens is 2. The molecule has 11 heteroatoms. The number of hydrogen-bond acceptors (Lipinski definition) is 7. The summed E-state index contributed by atoms with van der Waals surface area (Å²) in [6.45, 7) is 5.48. The molecule has 1 fully saturated rings. The Morgan fingerprint density at radius 2 is 1.77 bits per heavy atom. The number of anilines is 1. The van der Waals surface area contributed by atoms with E-state index >= 15 is 0 Å². The van der Waals surface area contributed by atoms with E-state index in [1.54, 1.807) is 11.0 Å². The van der Waals surface area contributed by atoms with Gasteiger partial charge in [-0.3, -0.25) is 9.59 Å². The smallest absolute Gasteiger partial charge is 0.254 e. The van der Waals surface area contributed by atoms with Gasteiger partial charge in [-0.2, -0.15) is 0 Å². The predicted molar refractivity (Wildman–Crippen MR) is 157 cm³/mol. The molecule has 0 spiro atoms. The number of hydrogen-bond donors (Lipinski definition) is 0. The van der Waals surface area contributed by atoms with Crippen molar-refractivity contribution in [2.45, 2.75) is 24.7 Å². The van der Waals surface area contributed by atoms with Crippen molar-refractivity contribution < 1.29 is 14.0 Å². The number of amides is 2. The van der Waals surface area contributed by atoms with Crippen LogP contribution >= 0.6 is 23.4 Å². The highest BCUT2D eigenvalue weighted by Gasteiger charge is 2.29. The Kier molecular flexibility index (Phi) is 10.4. The van der Waals surface area contributed by atoms with Crippen LogP contribution in [-0.2, 0) is 11.3 Å². The normalized spacial score (nSPS) is 15.4.